The summed E-state index contributed by atoms with van der Waals surface area (Å²) in [6.45, 7) is 0.136. The first-order valence-electron chi connectivity index (χ1n) is 12.4. The van der Waals surface area contributed by atoms with E-state index in [0.29, 0.717) is 28.8 Å². The number of pyridine rings is 1. The maximum atomic E-state index is 12.5. The Kier molecular flexibility index (Phi) is 8.61. The summed E-state index contributed by atoms with van der Waals surface area (Å²) in [5, 5.41) is 9.91. The second-order valence-corrected chi connectivity index (χ2v) is 8.90. The normalized spacial score (nSPS) is 10.9. The number of ether oxygens (including phenoxy) is 1. The van der Waals surface area contributed by atoms with Crippen LogP contribution in [0.1, 0.15) is 41.6 Å². The summed E-state index contributed by atoms with van der Waals surface area (Å²) in [5.41, 5.74) is 12.7. The van der Waals surface area contributed by atoms with Crippen molar-refractivity contribution in [2.24, 2.45) is 5.73 Å². The lowest BCUT2D eigenvalue weighted by Crippen LogP contribution is -2.20. The third kappa shape index (κ3) is 6.02. The Bertz CT molecular complexity index is 1380. The Balaban J connectivity index is 1.52. The molecule has 0 saturated heterocycles. The van der Waals surface area contributed by atoms with Crippen LogP contribution in [-0.2, 0) is 11.2 Å². The molecule has 0 aliphatic carbocycles. The number of methoxy groups -OCH3 is 1. The summed E-state index contributed by atoms with van der Waals surface area (Å²) in [7, 11) is 1.49. The van der Waals surface area contributed by atoms with Crippen molar-refractivity contribution in [1.82, 2.24) is 10.5 Å². The Labute approximate surface area is 216 Å². The summed E-state index contributed by atoms with van der Waals surface area (Å²) in [4.78, 5) is 28.6. The van der Waals surface area contributed by atoms with E-state index in [1.165, 1.54) is 12.7 Å². The van der Waals surface area contributed by atoms with Crippen molar-refractivity contribution in [1.29, 1.82) is 0 Å². The van der Waals surface area contributed by atoms with Crippen molar-refractivity contribution < 1.29 is 19.5 Å². The number of ketones is 1. The molecule has 7 nitrogen and oxygen atoms in total. The van der Waals surface area contributed by atoms with Gasteiger partial charge >= 0.3 is 0 Å². The van der Waals surface area contributed by atoms with Crippen LogP contribution in [0.25, 0.3) is 33.3 Å². The number of aromatic nitrogens is 1. The molecular formula is C30H31N3O4. The van der Waals surface area contributed by atoms with Gasteiger partial charge in [-0.1, -0.05) is 73.2 Å². The molecule has 1 aromatic heterocycles. The van der Waals surface area contributed by atoms with Crippen LogP contribution in [0.3, 0.4) is 0 Å². The molecule has 190 valence electrons. The molecule has 0 aliphatic rings. The monoisotopic (exact) mass is 497 g/mol. The number of amides is 1. The number of carbonyl (C=O) groups excluding carboxylic acids is 2. The van der Waals surface area contributed by atoms with E-state index < -0.39 is 5.91 Å². The molecule has 0 bridgehead atoms. The molecule has 7 heteroatoms. The number of rotatable bonds is 11. The van der Waals surface area contributed by atoms with Crippen molar-refractivity contribution in [3.63, 3.8) is 0 Å². The van der Waals surface area contributed by atoms with Gasteiger partial charge in [0, 0.05) is 17.4 Å². The molecule has 0 aliphatic heterocycles. The number of para-hydroxylation sites is 1. The van der Waals surface area contributed by atoms with Gasteiger partial charge in [0.05, 0.1) is 24.7 Å². The topological polar surface area (TPSA) is 115 Å². The number of benzene rings is 3. The minimum Gasteiger partial charge on any atom is -0.494 e. The van der Waals surface area contributed by atoms with Crippen LogP contribution in [0.2, 0.25) is 0 Å². The van der Waals surface area contributed by atoms with Gasteiger partial charge in [0.15, 0.2) is 5.75 Å². The standard InChI is InChI=1S/C30H31N3O4/c1-37-29-27(30(35)33-36)25-9-5-6-10-26(25)32-28(29)23-17-15-22(16-18-23)21-13-11-20(12-14-21)7-3-2-4-8-24(34)19-31/h5-6,9-18,36H,2-4,7-8,19,31H2,1H3,(H,33,35). The lowest BCUT2D eigenvalue weighted by atomic mass is 9.98. The summed E-state index contributed by atoms with van der Waals surface area (Å²) >= 11 is 0. The molecule has 4 rings (SSSR count). The van der Waals surface area contributed by atoms with Gasteiger partial charge in [-0.2, -0.15) is 0 Å². The van der Waals surface area contributed by atoms with Crippen LogP contribution < -0.4 is 16.0 Å². The highest BCUT2D eigenvalue weighted by atomic mass is 16.5. The number of carbonyl (C=O) groups is 2. The fraction of sp³-hybridized carbons (Fsp3) is 0.233. The summed E-state index contributed by atoms with van der Waals surface area (Å²) in [5.74, 6) is -0.228. The number of aryl methyl sites for hydroxylation is 1. The van der Waals surface area contributed by atoms with E-state index >= 15 is 0 Å². The molecule has 0 spiro atoms. The number of Topliss-reactive ketones (excluding diaryl/α,β-unsaturated/α-hetero) is 1. The fourth-order valence-corrected chi connectivity index (χ4v) is 4.48. The molecule has 4 N–H and O–H groups in total. The number of unbranched alkanes of at least 4 members (excludes halogenated alkanes) is 2. The van der Waals surface area contributed by atoms with Crippen molar-refractivity contribution in [3.05, 3.63) is 83.9 Å². The quantitative estimate of drug-likeness (QED) is 0.147. The van der Waals surface area contributed by atoms with Gasteiger partial charge in [-0.25, -0.2) is 10.5 Å². The van der Waals surface area contributed by atoms with E-state index in [0.717, 1.165) is 42.4 Å². The molecule has 1 heterocycles. The number of hydroxylamine groups is 1. The predicted molar refractivity (Wildman–Crippen MR) is 145 cm³/mol. The van der Waals surface area contributed by atoms with Gasteiger partial charge in [-0.3, -0.25) is 14.8 Å². The molecule has 0 unspecified atom stereocenters. The van der Waals surface area contributed by atoms with Crippen LogP contribution in [0.15, 0.2) is 72.8 Å². The lowest BCUT2D eigenvalue weighted by Gasteiger charge is -2.15. The van der Waals surface area contributed by atoms with Gasteiger partial charge in [-0.15, -0.1) is 0 Å². The van der Waals surface area contributed by atoms with E-state index in [2.05, 4.69) is 24.3 Å². The van der Waals surface area contributed by atoms with Crippen molar-refractivity contribution in [3.8, 4) is 28.1 Å². The zero-order valence-corrected chi connectivity index (χ0v) is 20.9. The van der Waals surface area contributed by atoms with Gasteiger partial charge in [-0.05, 0) is 42.0 Å². The number of nitrogens with one attached hydrogen (secondary N) is 1. The summed E-state index contributed by atoms with van der Waals surface area (Å²) in [6.07, 6.45) is 4.50. The third-order valence-corrected chi connectivity index (χ3v) is 6.47. The second-order valence-electron chi connectivity index (χ2n) is 8.90. The first kappa shape index (κ1) is 26.0. The van der Waals surface area contributed by atoms with Crippen molar-refractivity contribution in [2.75, 3.05) is 13.7 Å². The lowest BCUT2D eigenvalue weighted by molar-refractivity contribution is -0.117. The van der Waals surface area contributed by atoms with Crippen molar-refractivity contribution >= 4 is 22.6 Å². The summed E-state index contributed by atoms with van der Waals surface area (Å²) < 4.78 is 5.60. The SMILES string of the molecule is COc1c(-c2ccc(-c3ccc(CCCCCC(=O)CN)cc3)cc2)nc2ccccc2c1C(=O)NO. The van der Waals surface area contributed by atoms with Crippen LogP contribution in [0.5, 0.6) is 5.75 Å². The largest absolute Gasteiger partial charge is 0.494 e. The maximum Gasteiger partial charge on any atom is 0.279 e. The fourth-order valence-electron chi connectivity index (χ4n) is 4.48. The molecule has 0 atom stereocenters. The third-order valence-electron chi connectivity index (χ3n) is 6.47. The minimum atomic E-state index is -0.655. The molecule has 0 fully saturated rings. The maximum absolute atomic E-state index is 12.5. The average Bonchev–Trinajstić information content (AvgIpc) is 2.95. The highest BCUT2D eigenvalue weighted by Gasteiger charge is 2.22. The Hall–Kier alpha value is -4.07. The zero-order chi connectivity index (χ0) is 26.2. The Morgan fingerprint density at radius 1 is 0.892 bits per heavy atom. The predicted octanol–water partition coefficient (Wildman–Crippen LogP) is 5.33. The molecule has 37 heavy (non-hydrogen) atoms. The molecule has 1 amide bonds. The number of nitrogens with two attached hydrogens (primary N) is 1. The highest BCUT2D eigenvalue weighted by Crippen LogP contribution is 2.37. The van der Waals surface area contributed by atoms with Gasteiger partial charge < -0.3 is 10.5 Å². The van der Waals surface area contributed by atoms with E-state index in [-0.39, 0.29) is 17.9 Å². The van der Waals surface area contributed by atoms with E-state index in [1.807, 2.05) is 42.5 Å². The summed E-state index contributed by atoms with van der Waals surface area (Å²) in [6, 6.07) is 23.7. The first-order chi connectivity index (χ1) is 18.0. The highest BCUT2D eigenvalue weighted by molar-refractivity contribution is 6.10. The van der Waals surface area contributed by atoms with E-state index in [9.17, 15) is 14.8 Å². The first-order valence-corrected chi connectivity index (χ1v) is 12.4. The number of fused-ring (bicyclic) bond motifs is 1. The number of hydrogen-bond donors (Lipinski definition) is 3. The van der Waals surface area contributed by atoms with Crippen LogP contribution in [0, 0.1) is 0 Å². The molecular weight excluding hydrogens is 466 g/mol. The second kappa shape index (κ2) is 12.3. The molecule has 0 saturated carbocycles. The van der Waals surface area contributed by atoms with Gasteiger partial charge in [0.25, 0.3) is 5.91 Å². The van der Waals surface area contributed by atoms with Gasteiger partial charge in [0.2, 0.25) is 0 Å². The Morgan fingerprint density at radius 3 is 2.19 bits per heavy atom. The average molecular weight is 498 g/mol. The smallest absolute Gasteiger partial charge is 0.279 e. The number of nitrogens with zero attached hydrogens (tertiary/aromatic N) is 1. The number of hydrogen-bond acceptors (Lipinski definition) is 6. The van der Waals surface area contributed by atoms with E-state index in [1.54, 1.807) is 11.5 Å². The molecule has 0 radical (unpaired) electrons. The van der Waals surface area contributed by atoms with Crippen LogP contribution >= 0.6 is 0 Å². The minimum absolute atomic E-state index is 0.126. The van der Waals surface area contributed by atoms with E-state index in [4.69, 9.17) is 15.5 Å². The van der Waals surface area contributed by atoms with Crippen LogP contribution in [0.4, 0.5) is 0 Å². The molecule has 3 aromatic carbocycles. The molecule has 4 aromatic rings. The van der Waals surface area contributed by atoms with Crippen LogP contribution in [-0.4, -0.2) is 35.5 Å². The van der Waals surface area contributed by atoms with Gasteiger partial charge in [0.1, 0.15) is 11.5 Å². The van der Waals surface area contributed by atoms with Crippen molar-refractivity contribution in [2.45, 2.75) is 32.1 Å². The zero-order valence-electron chi connectivity index (χ0n) is 20.9. The Morgan fingerprint density at radius 2 is 1.54 bits per heavy atom.